The van der Waals surface area contributed by atoms with E-state index in [1.165, 1.54) is 0 Å². The van der Waals surface area contributed by atoms with Gasteiger partial charge in [-0.3, -0.25) is 0 Å². The number of fused-ring (bicyclic) bond motifs is 1. The van der Waals surface area contributed by atoms with Gasteiger partial charge in [-0.25, -0.2) is 4.98 Å². The lowest BCUT2D eigenvalue weighted by Crippen LogP contribution is -1.96. The van der Waals surface area contributed by atoms with E-state index in [0.717, 1.165) is 22.3 Å². The van der Waals surface area contributed by atoms with Gasteiger partial charge in [-0.15, -0.1) is 0 Å². The molecule has 0 unspecified atom stereocenters. The summed E-state index contributed by atoms with van der Waals surface area (Å²) in [7, 11) is 0. The molecule has 0 bridgehead atoms. The number of rotatable bonds is 3. The lowest BCUT2D eigenvalue weighted by atomic mass is 10.2. The second kappa shape index (κ2) is 4.49. The van der Waals surface area contributed by atoms with E-state index in [1.54, 1.807) is 0 Å². The smallest absolute Gasteiger partial charge is 0.213 e. The van der Waals surface area contributed by atoms with Crippen molar-refractivity contribution in [2.45, 2.75) is 13.3 Å². The highest BCUT2D eigenvalue weighted by Gasteiger charge is 1.99. The molecule has 15 heavy (non-hydrogen) atoms. The predicted molar refractivity (Wildman–Crippen MR) is 62.5 cm³/mol. The Labute approximate surface area is 93.8 Å². The van der Waals surface area contributed by atoms with Gasteiger partial charge in [0.15, 0.2) is 0 Å². The summed E-state index contributed by atoms with van der Waals surface area (Å²) >= 11 is 5.88. The van der Waals surface area contributed by atoms with Gasteiger partial charge in [-0.2, -0.15) is 0 Å². The molecule has 2 rings (SSSR count). The molecule has 0 fully saturated rings. The quantitative estimate of drug-likeness (QED) is 0.789. The van der Waals surface area contributed by atoms with Crippen LogP contribution in [0.1, 0.15) is 13.3 Å². The minimum absolute atomic E-state index is 0.673. The molecule has 0 aliphatic rings. The molecule has 0 saturated carbocycles. The topological polar surface area (TPSA) is 22.1 Å². The molecule has 2 aromatic rings. The molecular formula is C12H12ClNO. The van der Waals surface area contributed by atoms with Crippen molar-refractivity contribution in [1.29, 1.82) is 0 Å². The molecule has 0 spiro atoms. The molecular weight excluding hydrogens is 210 g/mol. The van der Waals surface area contributed by atoms with Gasteiger partial charge in [0.25, 0.3) is 0 Å². The van der Waals surface area contributed by atoms with E-state index >= 15 is 0 Å². The summed E-state index contributed by atoms with van der Waals surface area (Å²) in [6.07, 6.45) is 0.986. The average molecular weight is 222 g/mol. The zero-order valence-corrected chi connectivity index (χ0v) is 9.29. The Hall–Kier alpha value is -1.28. The Morgan fingerprint density at radius 3 is 2.93 bits per heavy atom. The fraction of sp³-hybridized carbons (Fsp3) is 0.250. The lowest BCUT2D eigenvalue weighted by molar-refractivity contribution is 0.306. The molecule has 1 aromatic carbocycles. The highest BCUT2D eigenvalue weighted by Crippen LogP contribution is 2.20. The highest BCUT2D eigenvalue weighted by molar-refractivity contribution is 6.31. The van der Waals surface area contributed by atoms with Gasteiger partial charge in [0, 0.05) is 16.5 Å². The van der Waals surface area contributed by atoms with E-state index in [9.17, 15) is 0 Å². The normalized spacial score (nSPS) is 10.5. The van der Waals surface area contributed by atoms with Crippen molar-refractivity contribution in [3.05, 3.63) is 35.4 Å². The molecule has 0 atom stereocenters. The maximum Gasteiger partial charge on any atom is 0.213 e. The van der Waals surface area contributed by atoms with E-state index in [0.29, 0.717) is 12.5 Å². The maximum absolute atomic E-state index is 5.88. The van der Waals surface area contributed by atoms with Crippen LogP contribution in [0, 0.1) is 0 Å². The Kier molecular flexibility index (Phi) is 3.07. The molecule has 0 aliphatic carbocycles. The lowest BCUT2D eigenvalue weighted by Gasteiger charge is -2.04. The number of hydrogen-bond acceptors (Lipinski definition) is 2. The first-order chi connectivity index (χ1) is 7.29. The van der Waals surface area contributed by atoms with E-state index in [4.69, 9.17) is 16.3 Å². The van der Waals surface area contributed by atoms with Gasteiger partial charge in [0.05, 0.1) is 12.1 Å². The Morgan fingerprint density at radius 2 is 2.13 bits per heavy atom. The highest BCUT2D eigenvalue weighted by atomic mass is 35.5. The SMILES string of the molecule is CCCOc1ccc2cc(Cl)ccc2n1. The fourth-order valence-corrected chi connectivity index (χ4v) is 1.55. The molecule has 3 heteroatoms. The van der Waals surface area contributed by atoms with Crippen molar-refractivity contribution in [2.75, 3.05) is 6.61 Å². The second-order valence-electron chi connectivity index (χ2n) is 3.33. The first-order valence-corrected chi connectivity index (χ1v) is 5.36. The van der Waals surface area contributed by atoms with Gasteiger partial charge >= 0.3 is 0 Å². The molecule has 0 N–H and O–H groups in total. The fourth-order valence-electron chi connectivity index (χ4n) is 1.36. The first-order valence-electron chi connectivity index (χ1n) is 4.98. The van der Waals surface area contributed by atoms with Crippen LogP contribution in [0.2, 0.25) is 5.02 Å². The molecule has 0 radical (unpaired) electrons. The van der Waals surface area contributed by atoms with Crippen LogP contribution in [0.15, 0.2) is 30.3 Å². The third kappa shape index (κ3) is 2.39. The maximum atomic E-state index is 5.88. The van der Waals surface area contributed by atoms with Crippen molar-refractivity contribution in [2.24, 2.45) is 0 Å². The van der Waals surface area contributed by atoms with Crippen molar-refractivity contribution >= 4 is 22.5 Å². The average Bonchev–Trinajstić information content (AvgIpc) is 2.26. The number of nitrogens with zero attached hydrogens (tertiary/aromatic N) is 1. The number of halogens is 1. The van der Waals surface area contributed by atoms with Crippen LogP contribution in [0.3, 0.4) is 0 Å². The summed E-state index contributed by atoms with van der Waals surface area (Å²) in [5.41, 5.74) is 0.910. The van der Waals surface area contributed by atoms with Crippen LogP contribution in [0.4, 0.5) is 0 Å². The van der Waals surface area contributed by atoms with Crippen molar-refractivity contribution < 1.29 is 4.74 Å². The molecule has 78 valence electrons. The van der Waals surface area contributed by atoms with Crippen LogP contribution in [-0.4, -0.2) is 11.6 Å². The Morgan fingerprint density at radius 1 is 1.27 bits per heavy atom. The number of ether oxygens (including phenoxy) is 1. The van der Waals surface area contributed by atoms with E-state index in [2.05, 4.69) is 11.9 Å². The molecule has 0 aliphatic heterocycles. The summed E-state index contributed by atoms with van der Waals surface area (Å²) < 4.78 is 5.45. The third-order valence-corrected chi connectivity index (χ3v) is 2.31. The molecule has 0 saturated heterocycles. The van der Waals surface area contributed by atoms with Crippen LogP contribution < -0.4 is 4.74 Å². The summed E-state index contributed by atoms with van der Waals surface area (Å²) in [6, 6.07) is 9.47. The van der Waals surface area contributed by atoms with Gasteiger partial charge in [-0.1, -0.05) is 18.5 Å². The van der Waals surface area contributed by atoms with E-state index in [-0.39, 0.29) is 0 Å². The number of aromatic nitrogens is 1. The molecule has 2 nitrogen and oxygen atoms in total. The largest absolute Gasteiger partial charge is 0.478 e. The van der Waals surface area contributed by atoms with Crippen LogP contribution >= 0.6 is 11.6 Å². The van der Waals surface area contributed by atoms with Crippen molar-refractivity contribution in [3.8, 4) is 5.88 Å². The number of hydrogen-bond donors (Lipinski definition) is 0. The summed E-state index contributed by atoms with van der Waals surface area (Å²) in [6.45, 7) is 2.77. The van der Waals surface area contributed by atoms with Gasteiger partial charge in [0.2, 0.25) is 5.88 Å². The molecule has 1 heterocycles. The monoisotopic (exact) mass is 221 g/mol. The summed E-state index contributed by atoms with van der Waals surface area (Å²) in [5.74, 6) is 0.673. The minimum Gasteiger partial charge on any atom is -0.478 e. The van der Waals surface area contributed by atoms with E-state index in [1.807, 2.05) is 30.3 Å². The van der Waals surface area contributed by atoms with Crippen LogP contribution in [0.5, 0.6) is 5.88 Å². The van der Waals surface area contributed by atoms with Crippen molar-refractivity contribution in [1.82, 2.24) is 4.98 Å². The predicted octanol–water partition coefficient (Wildman–Crippen LogP) is 3.68. The zero-order valence-electron chi connectivity index (χ0n) is 8.53. The second-order valence-corrected chi connectivity index (χ2v) is 3.77. The standard InChI is InChI=1S/C12H12ClNO/c1-2-7-15-12-6-3-9-8-10(13)4-5-11(9)14-12/h3-6,8H,2,7H2,1H3. The van der Waals surface area contributed by atoms with Gasteiger partial charge in [0.1, 0.15) is 0 Å². The van der Waals surface area contributed by atoms with E-state index < -0.39 is 0 Å². The van der Waals surface area contributed by atoms with Gasteiger partial charge < -0.3 is 4.74 Å². The van der Waals surface area contributed by atoms with Gasteiger partial charge in [-0.05, 0) is 30.7 Å². The zero-order chi connectivity index (χ0) is 10.7. The Balaban J connectivity index is 2.34. The Bertz CT molecular complexity index is 470. The minimum atomic E-state index is 0.673. The third-order valence-electron chi connectivity index (χ3n) is 2.08. The first kappa shape index (κ1) is 10.2. The van der Waals surface area contributed by atoms with Crippen LogP contribution in [-0.2, 0) is 0 Å². The summed E-state index contributed by atoms with van der Waals surface area (Å²) in [4.78, 5) is 4.37. The van der Waals surface area contributed by atoms with Crippen LogP contribution in [0.25, 0.3) is 10.9 Å². The number of pyridine rings is 1. The summed E-state index contributed by atoms with van der Waals surface area (Å²) in [5, 5.41) is 1.76. The van der Waals surface area contributed by atoms with Crippen molar-refractivity contribution in [3.63, 3.8) is 0 Å². The molecule has 0 amide bonds. The molecule has 1 aromatic heterocycles. The number of benzene rings is 1.